The predicted octanol–water partition coefficient (Wildman–Crippen LogP) is 2.26. The molecule has 4 heteroatoms. The Balaban J connectivity index is 2.24. The molecule has 0 aromatic heterocycles. The molecule has 1 aromatic rings. The monoisotopic (exact) mass is 249 g/mol. The van der Waals surface area contributed by atoms with E-state index in [0.29, 0.717) is 30.9 Å². The van der Waals surface area contributed by atoms with Gasteiger partial charge in [-0.15, -0.1) is 0 Å². The lowest BCUT2D eigenvalue weighted by Gasteiger charge is -2.27. The maximum Gasteiger partial charge on any atom is 0.261 e. The van der Waals surface area contributed by atoms with E-state index in [1.165, 1.54) is 0 Å². The van der Waals surface area contributed by atoms with Crippen molar-refractivity contribution in [2.75, 3.05) is 6.61 Å². The van der Waals surface area contributed by atoms with Gasteiger partial charge in [-0.25, -0.2) is 0 Å². The first-order chi connectivity index (χ1) is 8.68. The van der Waals surface area contributed by atoms with Crippen molar-refractivity contribution in [1.29, 1.82) is 0 Å². The number of benzene rings is 1. The second-order valence-corrected chi connectivity index (χ2v) is 4.55. The fourth-order valence-corrected chi connectivity index (χ4v) is 2.36. The summed E-state index contributed by atoms with van der Waals surface area (Å²) in [6.45, 7) is 2.47. The number of para-hydroxylation sites is 2. The normalized spacial score (nSPS) is 17.4. The zero-order chi connectivity index (χ0) is 13.0. The summed E-state index contributed by atoms with van der Waals surface area (Å²) in [5, 5.41) is 0. The molecule has 98 valence electrons. The quantitative estimate of drug-likeness (QED) is 0.870. The number of amides is 1. The molecule has 1 aliphatic rings. The highest BCUT2D eigenvalue weighted by atomic mass is 16.5. The molecule has 0 aliphatic heterocycles. The zero-order valence-electron chi connectivity index (χ0n) is 10.6. The van der Waals surface area contributed by atoms with Crippen LogP contribution in [0.25, 0.3) is 0 Å². The van der Waals surface area contributed by atoms with Crippen LogP contribution in [0.4, 0.5) is 0 Å². The summed E-state index contributed by atoms with van der Waals surface area (Å²) >= 11 is 0. The van der Waals surface area contributed by atoms with Gasteiger partial charge in [0.05, 0.1) is 6.61 Å². The summed E-state index contributed by atoms with van der Waals surface area (Å²) in [6, 6.07) is 7.39. The highest BCUT2D eigenvalue weighted by Crippen LogP contribution is 2.37. The molecule has 2 N–H and O–H groups in total. The van der Waals surface area contributed by atoms with Crippen molar-refractivity contribution in [1.82, 2.24) is 0 Å². The molecule has 0 radical (unpaired) electrons. The van der Waals surface area contributed by atoms with Crippen molar-refractivity contribution in [2.45, 2.75) is 38.2 Å². The largest absolute Gasteiger partial charge is 0.490 e. The predicted molar refractivity (Wildman–Crippen MR) is 68.6 cm³/mol. The van der Waals surface area contributed by atoms with Gasteiger partial charge in [-0.2, -0.15) is 0 Å². The molecule has 0 saturated heterocycles. The van der Waals surface area contributed by atoms with E-state index in [4.69, 9.17) is 15.2 Å². The number of primary amides is 1. The zero-order valence-corrected chi connectivity index (χ0v) is 10.6. The van der Waals surface area contributed by atoms with Crippen LogP contribution in [-0.4, -0.2) is 18.1 Å². The third-order valence-corrected chi connectivity index (χ3v) is 3.31. The average molecular weight is 249 g/mol. The number of nitrogens with two attached hydrogens (primary N) is 1. The molecule has 0 bridgehead atoms. The van der Waals surface area contributed by atoms with Crippen LogP contribution < -0.4 is 15.2 Å². The van der Waals surface area contributed by atoms with Crippen LogP contribution in [0.15, 0.2) is 24.3 Å². The number of hydrogen-bond donors (Lipinski definition) is 1. The van der Waals surface area contributed by atoms with E-state index < -0.39 is 5.60 Å². The van der Waals surface area contributed by atoms with Crippen LogP contribution in [0, 0.1) is 0 Å². The number of carbonyl (C=O) groups is 1. The molecule has 0 atom stereocenters. The second-order valence-electron chi connectivity index (χ2n) is 4.55. The van der Waals surface area contributed by atoms with Crippen LogP contribution in [0.2, 0.25) is 0 Å². The van der Waals surface area contributed by atoms with E-state index in [-0.39, 0.29) is 5.91 Å². The topological polar surface area (TPSA) is 61.6 Å². The minimum Gasteiger partial charge on any atom is -0.490 e. The first-order valence-corrected chi connectivity index (χ1v) is 6.39. The molecule has 1 saturated carbocycles. The Morgan fingerprint density at radius 2 is 1.89 bits per heavy atom. The Bertz CT molecular complexity index is 425. The maximum atomic E-state index is 11.7. The highest BCUT2D eigenvalue weighted by molar-refractivity contribution is 5.84. The Morgan fingerprint density at radius 3 is 2.44 bits per heavy atom. The van der Waals surface area contributed by atoms with Gasteiger partial charge in [0, 0.05) is 0 Å². The molecule has 1 aromatic carbocycles. The van der Waals surface area contributed by atoms with Crippen LogP contribution in [-0.2, 0) is 4.79 Å². The lowest BCUT2D eigenvalue weighted by molar-refractivity contribution is -0.133. The van der Waals surface area contributed by atoms with Crippen molar-refractivity contribution in [3.05, 3.63) is 24.3 Å². The maximum absolute atomic E-state index is 11.7. The van der Waals surface area contributed by atoms with E-state index >= 15 is 0 Å². The molecule has 2 rings (SSSR count). The number of ether oxygens (including phenoxy) is 2. The molecule has 0 heterocycles. The van der Waals surface area contributed by atoms with Crippen LogP contribution >= 0.6 is 0 Å². The van der Waals surface area contributed by atoms with Crippen LogP contribution in [0.1, 0.15) is 32.6 Å². The van der Waals surface area contributed by atoms with Gasteiger partial charge in [-0.05, 0) is 44.7 Å². The first-order valence-electron chi connectivity index (χ1n) is 6.39. The van der Waals surface area contributed by atoms with Gasteiger partial charge in [0.15, 0.2) is 17.1 Å². The Kier molecular flexibility index (Phi) is 3.75. The van der Waals surface area contributed by atoms with E-state index in [0.717, 1.165) is 12.8 Å². The molecule has 0 unspecified atom stereocenters. The molecule has 1 amide bonds. The average Bonchev–Trinajstić information content (AvgIpc) is 2.82. The van der Waals surface area contributed by atoms with E-state index in [9.17, 15) is 4.79 Å². The second kappa shape index (κ2) is 5.29. The molecule has 0 spiro atoms. The van der Waals surface area contributed by atoms with Crippen molar-refractivity contribution < 1.29 is 14.3 Å². The lowest BCUT2D eigenvalue weighted by Crippen LogP contribution is -2.46. The highest BCUT2D eigenvalue weighted by Gasteiger charge is 2.42. The Hall–Kier alpha value is -1.71. The summed E-state index contributed by atoms with van der Waals surface area (Å²) < 4.78 is 11.4. The van der Waals surface area contributed by atoms with Gasteiger partial charge >= 0.3 is 0 Å². The fourth-order valence-electron chi connectivity index (χ4n) is 2.36. The first kappa shape index (κ1) is 12.7. The van der Waals surface area contributed by atoms with Crippen LogP contribution in [0.5, 0.6) is 11.5 Å². The SMILES string of the molecule is CCOc1ccccc1OC1(C(N)=O)CCCC1. The van der Waals surface area contributed by atoms with Crippen molar-refractivity contribution in [3.8, 4) is 11.5 Å². The van der Waals surface area contributed by atoms with Crippen molar-refractivity contribution in [3.63, 3.8) is 0 Å². The molecule has 4 nitrogen and oxygen atoms in total. The molecule has 18 heavy (non-hydrogen) atoms. The summed E-state index contributed by atoms with van der Waals surface area (Å²) in [7, 11) is 0. The minimum atomic E-state index is -0.854. The fraction of sp³-hybridized carbons (Fsp3) is 0.500. The minimum absolute atomic E-state index is 0.383. The van der Waals surface area contributed by atoms with Gasteiger partial charge in [-0.1, -0.05) is 12.1 Å². The van der Waals surface area contributed by atoms with Crippen LogP contribution in [0.3, 0.4) is 0 Å². The number of rotatable bonds is 5. The van der Waals surface area contributed by atoms with Gasteiger partial charge in [-0.3, -0.25) is 4.79 Å². The van der Waals surface area contributed by atoms with Crippen molar-refractivity contribution >= 4 is 5.91 Å². The molecular formula is C14H19NO3. The standard InChI is InChI=1S/C14H19NO3/c1-2-17-11-7-3-4-8-12(11)18-14(13(15)16)9-5-6-10-14/h3-4,7-8H,2,5-6,9-10H2,1H3,(H2,15,16). The summed E-state index contributed by atoms with van der Waals surface area (Å²) in [6.07, 6.45) is 3.31. The van der Waals surface area contributed by atoms with Gasteiger partial charge in [0.25, 0.3) is 5.91 Å². The number of hydrogen-bond acceptors (Lipinski definition) is 3. The third-order valence-electron chi connectivity index (χ3n) is 3.31. The van der Waals surface area contributed by atoms with E-state index in [1.54, 1.807) is 0 Å². The molecule has 1 fully saturated rings. The van der Waals surface area contributed by atoms with Gasteiger partial charge in [0.1, 0.15) is 0 Å². The summed E-state index contributed by atoms with van der Waals surface area (Å²) in [4.78, 5) is 11.7. The lowest BCUT2D eigenvalue weighted by atomic mass is 10.0. The molecule has 1 aliphatic carbocycles. The molecular weight excluding hydrogens is 230 g/mol. The smallest absolute Gasteiger partial charge is 0.261 e. The number of carbonyl (C=O) groups excluding carboxylic acids is 1. The van der Waals surface area contributed by atoms with E-state index in [2.05, 4.69) is 0 Å². The van der Waals surface area contributed by atoms with Gasteiger partial charge in [0.2, 0.25) is 0 Å². The van der Waals surface area contributed by atoms with E-state index in [1.807, 2.05) is 31.2 Å². The summed E-state index contributed by atoms with van der Waals surface area (Å²) in [5.74, 6) is 0.874. The Morgan fingerprint density at radius 1 is 1.28 bits per heavy atom. The van der Waals surface area contributed by atoms with Gasteiger partial charge < -0.3 is 15.2 Å². The Labute approximate surface area is 107 Å². The third kappa shape index (κ3) is 2.42. The van der Waals surface area contributed by atoms with Crippen molar-refractivity contribution in [2.24, 2.45) is 5.73 Å². The summed E-state index contributed by atoms with van der Waals surface area (Å²) in [5.41, 5.74) is 4.65.